The Kier molecular flexibility index (Phi) is 6.44. The van der Waals surface area contributed by atoms with E-state index in [0.29, 0.717) is 34.9 Å². The lowest BCUT2D eigenvalue weighted by Crippen LogP contribution is -2.59. The minimum Gasteiger partial charge on any atom is -0.434 e. The predicted octanol–water partition coefficient (Wildman–Crippen LogP) is 4.79. The molecule has 214 valence electrons. The minimum absolute atomic E-state index is 0.0528. The van der Waals surface area contributed by atoms with Gasteiger partial charge in [-0.15, -0.1) is 0 Å². The molecule has 8 nitrogen and oxygen atoms in total. The zero-order chi connectivity index (χ0) is 29.3. The SMILES string of the molecule is CN(C)C1CC(c2c(C=O)cccc2OC(F)F)c2c1nn1ccc(-c3cnc(C4(N)CC(C)(O)C4)c(F)c3)cc21. The second kappa shape index (κ2) is 9.64. The number of hydrogen-bond donors (Lipinski definition) is 2. The molecule has 4 aromatic rings. The van der Waals surface area contributed by atoms with Crippen molar-refractivity contribution in [2.45, 2.75) is 55.9 Å². The van der Waals surface area contributed by atoms with E-state index in [-0.39, 0.29) is 35.9 Å². The lowest BCUT2D eigenvalue weighted by Gasteiger charge is -2.48. The first kappa shape index (κ1) is 27.4. The number of nitrogens with two attached hydrogens (primary N) is 1. The molecule has 2 unspecified atom stereocenters. The molecule has 41 heavy (non-hydrogen) atoms. The zero-order valence-corrected chi connectivity index (χ0v) is 22.8. The molecule has 3 heterocycles. The summed E-state index contributed by atoms with van der Waals surface area (Å²) in [5.74, 6) is -1.07. The summed E-state index contributed by atoms with van der Waals surface area (Å²) in [6.07, 6.45) is 4.89. The summed E-state index contributed by atoms with van der Waals surface area (Å²) in [6, 6.07) is 9.43. The van der Waals surface area contributed by atoms with E-state index in [2.05, 4.69) is 4.98 Å². The van der Waals surface area contributed by atoms with Gasteiger partial charge in [0, 0.05) is 40.6 Å². The molecule has 3 aromatic heterocycles. The molecule has 0 bridgehead atoms. The maximum Gasteiger partial charge on any atom is 0.387 e. The Morgan fingerprint density at radius 2 is 1.95 bits per heavy atom. The molecule has 0 amide bonds. The Morgan fingerprint density at radius 1 is 1.20 bits per heavy atom. The van der Waals surface area contributed by atoms with Crippen molar-refractivity contribution < 1.29 is 27.8 Å². The number of rotatable bonds is 7. The molecule has 3 N–H and O–H groups in total. The quantitative estimate of drug-likeness (QED) is 0.311. The Balaban J connectivity index is 1.47. The number of carbonyl (C=O) groups excluding carboxylic acids is 1. The number of aliphatic hydroxyl groups is 1. The van der Waals surface area contributed by atoms with Crippen molar-refractivity contribution in [3.8, 4) is 16.9 Å². The van der Waals surface area contributed by atoms with Gasteiger partial charge in [0.15, 0.2) is 0 Å². The third-order valence-electron chi connectivity index (χ3n) is 8.28. The first-order valence-electron chi connectivity index (χ1n) is 13.3. The monoisotopic (exact) mass is 565 g/mol. The predicted molar refractivity (Wildman–Crippen MR) is 145 cm³/mol. The van der Waals surface area contributed by atoms with Gasteiger partial charge in [0.05, 0.1) is 34.1 Å². The van der Waals surface area contributed by atoms with E-state index in [0.717, 1.165) is 11.3 Å². The molecule has 1 fully saturated rings. The third kappa shape index (κ3) is 4.58. The third-order valence-corrected chi connectivity index (χ3v) is 8.28. The second-order valence-electron chi connectivity index (χ2n) is 11.6. The van der Waals surface area contributed by atoms with Crippen molar-refractivity contribution in [3.63, 3.8) is 0 Å². The van der Waals surface area contributed by atoms with Gasteiger partial charge in [-0.05, 0) is 70.1 Å². The van der Waals surface area contributed by atoms with Crippen molar-refractivity contribution in [1.29, 1.82) is 0 Å². The van der Waals surface area contributed by atoms with Crippen LogP contribution in [0.3, 0.4) is 0 Å². The largest absolute Gasteiger partial charge is 0.434 e. The van der Waals surface area contributed by atoms with E-state index >= 15 is 4.39 Å². The van der Waals surface area contributed by atoms with E-state index in [9.17, 15) is 18.7 Å². The van der Waals surface area contributed by atoms with Crippen molar-refractivity contribution in [2.24, 2.45) is 5.73 Å². The second-order valence-corrected chi connectivity index (χ2v) is 11.6. The molecule has 2 aliphatic rings. The van der Waals surface area contributed by atoms with Crippen LogP contribution >= 0.6 is 0 Å². The molecular weight excluding hydrogens is 535 g/mol. The molecule has 6 rings (SSSR count). The van der Waals surface area contributed by atoms with Crippen LogP contribution in [-0.2, 0) is 5.54 Å². The fraction of sp³-hybridized carbons (Fsp3) is 0.367. The average Bonchev–Trinajstić information content (AvgIpc) is 3.44. The normalized spacial score (nSPS) is 25.5. The van der Waals surface area contributed by atoms with Gasteiger partial charge >= 0.3 is 6.61 Å². The molecule has 1 saturated carbocycles. The zero-order valence-electron chi connectivity index (χ0n) is 22.8. The van der Waals surface area contributed by atoms with Crippen LogP contribution in [0.25, 0.3) is 16.6 Å². The highest BCUT2D eigenvalue weighted by atomic mass is 19.3. The Morgan fingerprint density at radius 3 is 2.59 bits per heavy atom. The molecule has 1 aromatic carbocycles. The number of pyridine rings is 2. The highest BCUT2D eigenvalue weighted by Gasteiger charge is 2.51. The smallest absolute Gasteiger partial charge is 0.387 e. The Hall–Kier alpha value is -3.80. The van der Waals surface area contributed by atoms with E-state index in [1.54, 1.807) is 36.0 Å². The van der Waals surface area contributed by atoms with Gasteiger partial charge in [-0.3, -0.25) is 9.78 Å². The summed E-state index contributed by atoms with van der Waals surface area (Å²) in [7, 11) is 3.83. The summed E-state index contributed by atoms with van der Waals surface area (Å²) in [5.41, 5.74) is 8.57. The molecule has 2 atom stereocenters. The topological polar surface area (TPSA) is 106 Å². The van der Waals surface area contributed by atoms with Crippen molar-refractivity contribution in [2.75, 3.05) is 14.1 Å². The number of carbonyl (C=O) groups is 1. The van der Waals surface area contributed by atoms with Crippen LogP contribution in [0.1, 0.15) is 71.0 Å². The number of alkyl halides is 2. The summed E-state index contributed by atoms with van der Waals surface area (Å²) in [6.45, 7) is -1.39. The van der Waals surface area contributed by atoms with Crippen molar-refractivity contribution in [3.05, 3.63) is 82.7 Å². The number of aromatic nitrogens is 3. The molecule has 0 radical (unpaired) electrons. The highest BCUT2D eigenvalue weighted by Crippen LogP contribution is 2.51. The lowest BCUT2D eigenvalue weighted by molar-refractivity contribution is -0.0764. The van der Waals surface area contributed by atoms with Crippen LogP contribution in [0.15, 0.2) is 48.8 Å². The van der Waals surface area contributed by atoms with Crippen LogP contribution in [0.4, 0.5) is 13.2 Å². The van der Waals surface area contributed by atoms with Gasteiger partial charge in [-0.1, -0.05) is 12.1 Å². The van der Waals surface area contributed by atoms with E-state index in [1.807, 2.05) is 25.1 Å². The van der Waals surface area contributed by atoms with Crippen LogP contribution in [0.2, 0.25) is 0 Å². The van der Waals surface area contributed by atoms with Gasteiger partial charge in [-0.2, -0.15) is 13.9 Å². The van der Waals surface area contributed by atoms with Gasteiger partial charge < -0.3 is 20.5 Å². The first-order valence-corrected chi connectivity index (χ1v) is 13.3. The Bertz CT molecular complexity index is 1660. The van der Waals surface area contributed by atoms with E-state index in [1.165, 1.54) is 18.2 Å². The fourth-order valence-electron chi connectivity index (χ4n) is 6.71. The molecule has 0 saturated heterocycles. The molecule has 2 aliphatic carbocycles. The number of benzene rings is 1. The van der Waals surface area contributed by atoms with Gasteiger partial charge in [-0.25, -0.2) is 8.91 Å². The maximum absolute atomic E-state index is 15.3. The summed E-state index contributed by atoms with van der Waals surface area (Å²) < 4.78 is 48.6. The summed E-state index contributed by atoms with van der Waals surface area (Å²) in [4.78, 5) is 18.4. The number of ether oxygens (including phenoxy) is 1. The number of fused-ring (bicyclic) bond motifs is 3. The van der Waals surface area contributed by atoms with E-state index < -0.39 is 29.5 Å². The van der Waals surface area contributed by atoms with Gasteiger partial charge in [0.2, 0.25) is 0 Å². The summed E-state index contributed by atoms with van der Waals surface area (Å²) in [5, 5.41) is 15.0. The molecule has 0 aliphatic heterocycles. The van der Waals surface area contributed by atoms with Gasteiger partial charge in [0.1, 0.15) is 17.9 Å². The van der Waals surface area contributed by atoms with Gasteiger partial charge in [0.25, 0.3) is 0 Å². The van der Waals surface area contributed by atoms with Crippen LogP contribution in [0, 0.1) is 5.82 Å². The van der Waals surface area contributed by atoms with Crippen LogP contribution in [0.5, 0.6) is 5.75 Å². The number of hydrogen-bond acceptors (Lipinski definition) is 7. The number of nitrogens with zero attached hydrogens (tertiary/aromatic N) is 4. The number of aldehydes is 1. The van der Waals surface area contributed by atoms with E-state index in [4.69, 9.17) is 15.6 Å². The standard InChI is InChI=1S/C30H30F3N5O3/c1-29(40)14-30(34,15-29)27-20(31)9-18(12-35-27)16-7-8-38-21(10-16)25-19(11-22(37(2)3)26(25)36-38)24-17(13-39)5-4-6-23(24)41-28(32)33/h4-10,12-13,19,22,28,40H,11,14-15,34H2,1-3H3. The van der Waals surface area contributed by atoms with Crippen LogP contribution in [-0.4, -0.2) is 57.2 Å². The summed E-state index contributed by atoms with van der Waals surface area (Å²) >= 11 is 0. The Labute approximate surface area is 234 Å². The average molecular weight is 566 g/mol. The van der Waals surface area contributed by atoms with Crippen molar-refractivity contribution in [1.82, 2.24) is 19.5 Å². The molecular formula is C30H30F3N5O3. The molecule has 0 spiro atoms. The lowest BCUT2D eigenvalue weighted by atomic mass is 9.64. The van der Waals surface area contributed by atoms with Crippen molar-refractivity contribution >= 4 is 11.8 Å². The van der Waals surface area contributed by atoms with Crippen LogP contribution < -0.4 is 10.5 Å². The highest BCUT2D eigenvalue weighted by molar-refractivity contribution is 5.81. The first-order chi connectivity index (χ1) is 19.4. The fourth-order valence-corrected chi connectivity index (χ4v) is 6.71. The maximum atomic E-state index is 15.3. The minimum atomic E-state index is -3.05. The number of halogens is 3. The molecule has 11 heteroatoms.